The number of rotatable bonds is 0. The summed E-state index contributed by atoms with van der Waals surface area (Å²) < 4.78 is 22.1. The summed E-state index contributed by atoms with van der Waals surface area (Å²) in [5.41, 5.74) is 0. The van der Waals surface area contributed by atoms with Gasteiger partial charge in [-0.25, -0.2) is 0 Å². The molecule has 0 radical (unpaired) electrons. The summed E-state index contributed by atoms with van der Waals surface area (Å²) in [7, 11) is 0. The Morgan fingerprint density at radius 1 is 1.17 bits per heavy atom. The average molecular weight is 172 g/mol. The molecule has 2 bridgehead atoms. The van der Waals surface area contributed by atoms with Gasteiger partial charge in [-0.15, -0.1) is 0 Å². The average Bonchev–Trinajstić information content (AvgIpc) is 2.54. The van der Waals surface area contributed by atoms with Crippen molar-refractivity contribution in [3.05, 3.63) is 0 Å². The summed E-state index contributed by atoms with van der Waals surface area (Å²) >= 11 is 0. The highest BCUT2D eigenvalue weighted by molar-refractivity contribution is 4.98. The Morgan fingerprint density at radius 2 is 1.92 bits per heavy atom. The fourth-order valence-electron chi connectivity index (χ4n) is 2.10. The smallest absolute Gasteiger partial charge is 0.187 e. The zero-order valence-corrected chi connectivity index (χ0v) is 7.15. The lowest BCUT2D eigenvalue weighted by Gasteiger charge is -2.19. The van der Waals surface area contributed by atoms with Crippen molar-refractivity contribution < 1.29 is 18.9 Å². The van der Waals surface area contributed by atoms with Crippen LogP contribution >= 0.6 is 0 Å². The van der Waals surface area contributed by atoms with E-state index in [0.29, 0.717) is 6.61 Å². The zero-order chi connectivity index (χ0) is 8.34. The van der Waals surface area contributed by atoms with Gasteiger partial charge in [0, 0.05) is 0 Å². The number of hydrogen-bond acceptors (Lipinski definition) is 4. The summed E-state index contributed by atoms with van der Waals surface area (Å²) in [6.45, 7) is 4.49. The number of hydrogen-bond donors (Lipinski definition) is 0. The van der Waals surface area contributed by atoms with Gasteiger partial charge in [-0.05, 0) is 13.8 Å². The van der Waals surface area contributed by atoms with Crippen LogP contribution in [0.3, 0.4) is 0 Å². The topological polar surface area (TPSA) is 36.9 Å². The summed E-state index contributed by atoms with van der Waals surface area (Å²) in [4.78, 5) is 0. The van der Waals surface area contributed by atoms with Crippen LogP contribution in [0.2, 0.25) is 0 Å². The molecule has 4 atom stereocenters. The van der Waals surface area contributed by atoms with Gasteiger partial charge >= 0.3 is 0 Å². The van der Waals surface area contributed by atoms with E-state index in [1.807, 2.05) is 13.8 Å². The van der Waals surface area contributed by atoms with E-state index < -0.39 is 5.79 Å². The van der Waals surface area contributed by atoms with Crippen LogP contribution < -0.4 is 0 Å². The molecule has 3 rings (SSSR count). The zero-order valence-electron chi connectivity index (χ0n) is 7.15. The van der Waals surface area contributed by atoms with Crippen LogP contribution in [0.5, 0.6) is 0 Å². The molecular weight excluding hydrogens is 160 g/mol. The summed E-state index contributed by atoms with van der Waals surface area (Å²) in [6.07, 6.45) is -0.0407. The molecule has 0 amide bonds. The predicted molar refractivity (Wildman–Crippen MR) is 38.4 cm³/mol. The second-order valence-corrected chi connectivity index (χ2v) is 3.94. The first-order valence-corrected chi connectivity index (χ1v) is 4.28. The Kier molecular flexibility index (Phi) is 1.22. The molecular formula is C8H12O4. The maximum absolute atomic E-state index is 5.68. The fraction of sp³-hybridized carbons (Fsp3) is 1.00. The largest absolute Gasteiger partial charge is 0.347 e. The van der Waals surface area contributed by atoms with Crippen molar-refractivity contribution in [1.29, 1.82) is 0 Å². The van der Waals surface area contributed by atoms with Crippen molar-refractivity contribution in [3.8, 4) is 0 Å². The minimum atomic E-state index is -0.469. The van der Waals surface area contributed by atoms with Gasteiger partial charge in [0.15, 0.2) is 12.1 Å². The third kappa shape index (κ3) is 0.808. The van der Waals surface area contributed by atoms with Crippen molar-refractivity contribution in [2.24, 2.45) is 0 Å². The summed E-state index contributed by atoms with van der Waals surface area (Å²) in [5.74, 6) is -0.469. The molecule has 0 aromatic rings. The van der Waals surface area contributed by atoms with Crippen LogP contribution in [-0.2, 0) is 18.9 Å². The maximum atomic E-state index is 5.68. The van der Waals surface area contributed by atoms with Crippen molar-refractivity contribution in [1.82, 2.24) is 0 Å². The molecule has 68 valence electrons. The summed E-state index contributed by atoms with van der Waals surface area (Å²) in [5, 5.41) is 0. The highest BCUT2D eigenvalue weighted by atomic mass is 16.8. The molecule has 12 heavy (non-hydrogen) atoms. The van der Waals surface area contributed by atoms with Gasteiger partial charge in [0.25, 0.3) is 0 Å². The lowest BCUT2D eigenvalue weighted by atomic mass is 10.1. The van der Waals surface area contributed by atoms with Crippen LogP contribution in [0.1, 0.15) is 13.8 Å². The third-order valence-corrected chi connectivity index (χ3v) is 2.53. The molecule has 0 aliphatic carbocycles. The molecule has 0 saturated carbocycles. The Bertz CT molecular complexity index is 195. The Labute approximate surface area is 70.7 Å². The Balaban J connectivity index is 1.87. The molecule has 1 unspecified atom stereocenters. The van der Waals surface area contributed by atoms with E-state index in [2.05, 4.69) is 0 Å². The van der Waals surface area contributed by atoms with Crippen molar-refractivity contribution in [2.45, 2.75) is 44.2 Å². The minimum Gasteiger partial charge on any atom is -0.347 e. The molecule has 3 fully saturated rings. The van der Waals surface area contributed by atoms with Gasteiger partial charge in [-0.1, -0.05) is 0 Å². The fourth-order valence-corrected chi connectivity index (χ4v) is 2.10. The minimum absolute atomic E-state index is 0.0150. The van der Waals surface area contributed by atoms with Gasteiger partial charge in [0.2, 0.25) is 0 Å². The van der Waals surface area contributed by atoms with Crippen molar-refractivity contribution >= 4 is 0 Å². The van der Waals surface area contributed by atoms with Crippen LogP contribution in [0.15, 0.2) is 0 Å². The number of fused-ring (bicyclic) bond motifs is 5. The number of ether oxygens (including phenoxy) is 4. The lowest BCUT2D eigenvalue weighted by molar-refractivity contribution is -0.192. The highest BCUT2D eigenvalue weighted by Gasteiger charge is 2.59. The van der Waals surface area contributed by atoms with Crippen LogP contribution in [0.25, 0.3) is 0 Å². The maximum Gasteiger partial charge on any atom is 0.187 e. The molecule has 3 saturated heterocycles. The second-order valence-electron chi connectivity index (χ2n) is 3.94. The van der Waals surface area contributed by atoms with E-state index in [0.717, 1.165) is 0 Å². The van der Waals surface area contributed by atoms with Gasteiger partial charge in [-0.3, -0.25) is 0 Å². The molecule has 4 nitrogen and oxygen atoms in total. The van der Waals surface area contributed by atoms with Crippen molar-refractivity contribution in [2.75, 3.05) is 6.61 Å². The standard InChI is InChI=1S/C8H12O4/c1-8(2)11-5-4-3-9-7(10-4)6(5)12-8/h4-7H,3H2,1-2H3/t4-,5-,6-,7?/m1/s1. The Morgan fingerprint density at radius 3 is 2.67 bits per heavy atom. The Hall–Kier alpha value is -0.160. The van der Waals surface area contributed by atoms with Crippen LogP contribution in [0.4, 0.5) is 0 Å². The first kappa shape index (κ1) is 7.26. The highest BCUT2D eigenvalue weighted by Crippen LogP contribution is 2.42. The molecule has 0 aromatic heterocycles. The van der Waals surface area contributed by atoms with E-state index in [4.69, 9.17) is 18.9 Å². The van der Waals surface area contributed by atoms with Gasteiger partial charge in [0.1, 0.15) is 18.3 Å². The third-order valence-electron chi connectivity index (χ3n) is 2.53. The van der Waals surface area contributed by atoms with E-state index in [-0.39, 0.29) is 24.6 Å². The first-order chi connectivity index (χ1) is 5.66. The molecule has 3 heterocycles. The lowest BCUT2D eigenvalue weighted by Crippen LogP contribution is -2.37. The van der Waals surface area contributed by atoms with Crippen molar-refractivity contribution in [3.63, 3.8) is 0 Å². The molecule has 0 aromatic carbocycles. The van der Waals surface area contributed by atoms with Gasteiger partial charge in [0.05, 0.1) is 6.61 Å². The van der Waals surface area contributed by atoms with Crippen LogP contribution in [-0.4, -0.2) is 37.0 Å². The quantitative estimate of drug-likeness (QED) is 0.525. The molecule has 0 spiro atoms. The monoisotopic (exact) mass is 172 g/mol. The van der Waals surface area contributed by atoms with E-state index in [9.17, 15) is 0 Å². The van der Waals surface area contributed by atoms with E-state index >= 15 is 0 Å². The second kappa shape index (κ2) is 2.01. The molecule has 0 N–H and O–H groups in total. The SMILES string of the molecule is CC1(C)O[C@@H]2[C@H]3COC(O3)[C@@H]2O1. The van der Waals surface area contributed by atoms with Gasteiger partial charge < -0.3 is 18.9 Å². The summed E-state index contributed by atoms with van der Waals surface area (Å²) in [6, 6.07) is 0. The molecule has 4 heteroatoms. The normalized spacial score (nSPS) is 54.5. The van der Waals surface area contributed by atoms with E-state index in [1.54, 1.807) is 0 Å². The molecule has 3 aliphatic heterocycles. The molecule has 3 aliphatic rings. The predicted octanol–water partition coefficient (Wildman–Crippen LogP) is 0.262. The van der Waals surface area contributed by atoms with Gasteiger partial charge in [-0.2, -0.15) is 0 Å². The first-order valence-electron chi connectivity index (χ1n) is 4.28. The van der Waals surface area contributed by atoms with Crippen LogP contribution in [0, 0.1) is 0 Å². The van der Waals surface area contributed by atoms with E-state index in [1.165, 1.54) is 0 Å².